The van der Waals surface area contributed by atoms with Crippen molar-refractivity contribution in [3.8, 4) is 0 Å². The van der Waals surface area contributed by atoms with Gasteiger partial charge in [0.25, 0.3) is 5.69 Å². The maximum absolute atomic E-state index is 12.4. The van der Waals surface area contributed by atoms with Gasteiger partial charge in [-0.15, -0.1) is 0 Å². The van der Waals surface area contributed by atoms with Gasteiger partial charge in [-0.2, -0.15) is 0 Å². The first kappa shape index (κ1) is 19.2. The number of aliphatic hydroxyl groups excluding tert-OH is 1. The molecule has 1 aromatic carbocycles. The van der Waals surface area contributed by atoms with Crippen molar-refractivity contribution < 1.29 is 14.8 Å². The van der Waals surface area contributed by atoms with Gasteiger partial charge in [0.15, 0.2) is 0 Å². The van der Waals surface area contributed by atoms with Crippen molar-refractivity contribution in [1.29, 1.82) is 0 Å². The van der Waals surface area contributed by atoms with Crippen molar-refractivity contribution in [1.82, 2.24) is 10.2 Å². The number of amides is 2. The summed E-state index contributed by atoms with van der Waals surface area (Å²) in [5.41, 5.74) is 1.34. The molecule has 0 spiro atoms. The normalized spacial score (nSPS) is 21.4. The molecule has 2 rings (SSSR count). The Hall–Kier alpha value is -2.15. The van der Waals surface area contributed by atoms with Gasteiger partial charge in [-0.3, -0.25) is 10.1 Å². The Morgan fingerprint density at radius 1 is 1.44 bits per heavy atom. The number of nitro benzene ring substituents is 1. The van der Waals surface area contributed by atoms with Crippen LogP contribution >= 0.6 is 0 Å². The molecule has 0 aromatic heterocycles. The van der Waals surface area contributed by atoms with Gasteiger partial charge >= 0.3 is 6.03 Å². The average Bonchev–Trinajstić information content (AvgIpc) is 2.56. The third kappa shape index (κ3) is 4.92. The molecule has 0 bridgehead atoms. The fraction of sp³-hybridized carbons (Fsp3) is 0.611. The molecule has 3 unspecified atom stereocenters. The zero-order valence-corrected chi connectivity index (χ0v) is 15.1. The SMILES string of the molecule is Cc1ccc(C(C)NC(=O)N(C)CC2CCCCC2O)cc1[N+](=O)[O-]. The summed E-state index contributed by atoms with van der Waals surface area (Å²) < 4.78 is 0. The topological polar surface area (TPSA) is 95.7 Å². The van der Waals surface area contributed by atoms with Crippen LogP contribution in [0.3, 0.4) is 0 Å². The first-order valence-electron chi connectivity index (χ1n) is 8.74. The number of hydrogen-bond acceptors (Lipinski definition) is 4. The van der Waals surface area contributed by atoms with Crippen LogP contribution in [-0.2, 0) is 0 Å². The van der Waals surface area contributed by atoms with E-state index in [9.17, 15) is 20.0 Å². The van der Waals surface area contributed by atoms with Crippen molar-refractivity contribution in [3.63, 3.8) is 0 Å². The van der Waals surface area contributed by atoms with E-state index >= 15 is 0 Å². The van der Waals surface area contributed by atoms with Crippen molar-refractivity contribution in [2.75, 3.05) is 13.6 Å². The summed E-state index contributed by atoms with van der Waals surface area (Å²) in [7, 11) is 1.71. The number of urea groups is 1. The maximum Gasteiger partial charge on any atom is 0.317 e. The second kappa shape index (κ2) is 8.29. The zero-order chi connectivity index (χ0) is 18.6. The molecular weight excluding hydrogens is 322 g/mol. The Labute approximate surface area is 148 Å². The van der Waals surface area contributed by atoms with Gasteiger partial charge in [0.05, 0.1) is 17.1 Å². The van der Waals surface area contributed by atoms with E-state index in [1.165, 1.54) is 6.07 Å². The molecule has 1 aliphatic rings. The van der Waals surface area contributed by atoms with Crippen LogP contribution in [0, 0.1) is 23.0 Å². The highest BCUT2D eigenvalue weighted by atomic mass is 16.6. The number of carbonyl (C=O) groups is 1. The summed E-state index contributed by atoms with van der Waals surface area (Å²) in [6.07, 6.45) is 3.50. The van der Waals surface area contributed by atoms with Crippen LogP contribution in [0.25, 0.3) is 0 Å². The van der Waals surface area contributed by atoms with Crippen LogP contribution in [0.2, 0.25) is 0 Å². The molecule has 0 saturated heterocycles. The Bertz CT molecular complexity index is 635. The van der Waals surface area contributed by atoms with Gasteiger partial charge in [0.1, 0.15) is 0 Å². The van der Waals surface area contributed by atoms with Crippen molar-refractivity contribution in [3.05, 3.63) is 39.4 Å². The molecule has 7 nitrogen and oxygen atoms in total. The molecule has 138 valence electrons. The summed E-state index contributed by atoms with van der Waals surface area (Å²) >= 11 is 0. The molecule has 3 atom stereocenters. The number of carbonyl (C=O) groups excluding carboxylic acids is 1. The summed E-state index contributed by atoms with van der Waals surface area (Å²) in [6.45, 7) is 4.00. The van der Waals surface area contributed by atoms with Crippen LogP contribution in [-0.4, -0.2) is 40.7 Å². The molecule has 25 heavy (non-hydrogen) atoms. The molecule has 1 aliphatic carbocycles. The maximum atomic E-state index is 12.4. The van der Waals surface area contributed by atoms with Crippen LogP contribution in [0.1, 0.15) is 49.8 Å². The van der Waals surface area contributed by atoms with E-state index in [-0.39, 0.29) is 29.8 Å². The quantitative estimate of drug-likeness (QED) is 0.630. The van der Waals surface area contributed by atoms with Gasteiger partial charge in [0, 0.05) is 31.1 Å². The van der Waals surface area contributed by atoms with E-state index in [0.717, 1.165) is 25.7 Å². The van der Waals surface area contributed by atoms with Gasteiger partial charge in [-0.25, -0.2) is 4.79 Å². The summed E-state index contributed by atoms with van der Waals surface area (Å²) in [6, 6.07) is 4.40. The fourth-order valence-corrected chi connectivity index (χ4v) is 3.31. The predicted molar refractivity (Wildman–Crippen MR) is 95.4 cm³/mol. The third-order valence-electron chi connectivity index (χ3n) is 4.99. The second-order valence-corrected chi connectivity index (χ2v) is 6.97. The Morgan fingerprint density at radius 2 is 2.12 bits per heavy atom. The standard InChI is InChI=1S/C18H27N3O4/c1-12-8-9-14(10-16(12)21(24)25)13(2)19-18(23)20(3)11-15-6-4-5-7-17(15)22/h8-10,13,15,17,22H,4-7,11H2,1-3H3,(H,19,23). The van der Waals surface area contributed by atoms with Gasteiger partial charge in [-0.1, -0.05) is 25.0 Å². The molecule has 1 saturated carbocycles. The summed E-state index contributed by atoms with van der Waals surface area (Å²) in [4.78, 5) is 24.6. The van der Waals surface area contributed by atoms with Gasteiger partial charge in [0.2, 0.25) is 0 Å². The van der Waals surface area contributed by atoms with E-state index in [2.05, 4.69) is 5.32 Å². The number of benzene rings is 1. The number of hydrogen-bond donors (Lipinski definition) is 2. The molecule has 2 N–H and O–H groups in total. The van der Waals surface area contributed by atoms with Crippen LogP contribution in [0.5, 0.6) is 0 Å². The minimum Gasteiger partial charge on any atom is -0.393 e. The van der Waals surface area contributed by atoms with E-state index in [1.54, 1.807) is 37.9 Å². The highest BCUT2D eigenvalue weighted by molar-refractivity contribution is 5.74. The molecule has 2 amide bonds. The molecule has 1 aromatic rings. The van der Waals surface area contributed by atoms with E-state index in [1.807, 2.05) is 0 Å². The highest BCUT2D eigenvalue weighted by Gasteiger charge is 2.26. The van der Waals surface area contributed by atoms with Crippen LogP contribution in [0.4, 0.5) is 10.5 Å². The first-order chi connectivity index (χ1) is 11.8. The van der Waals surface area contributed by atoms with Crippen molar-refractivity contribution >= 4 is 11.7 Å². The van der Waals surface area contributed by atoms with Gasteiger partial charge < -0.3 is 15.3 Å². The number of nitro groups is 1. The lowest BCUT2D eigenvalue weighted by atomic mass is 9.86. The van der Waals surface area contributed by atoms with E-state index in [4.69, 9.17) is 0 Å². The number of aliphatic hydroxyl groups is 1. The first-order valence-corrected chi connectivity index (χ1v) is 8.74. The number of nitrogens with zero attached hydrogens (tertiary/aromatic N) is 2. The zero-order valence-electron chi connectivity index (χ0n) is 15.1. The third-order valence-corrected chi connectivity index (χ3v) is 4.99. The average molecular weight is 349 g/mol. The van der Waals surface area contributed by atoms with E-state index < -0.39 is 4.92 Å². The molecule has 1 fully saturated rings. The summed E-state index contributed by atoms with van der Waals surface area (Å²) in [5.74, 6) is 0.111. The lowest BCUT2D eigenvalue weighted by Crippen LogP contribution is -2.43. The van der Waals surface area contributed by atoms with Crippen LogP contribution < -0.4 is 5.32 Å². The number of nitrogens with one attached hydrogen (secondary N) is 1. The Balaban J connectivity index is 1.97. The molecule has 0 radical (unpaired) electrons. The highest BCUT2D eigenvalue weighted by Crippen LogP contribution is 2.26. The summed E-state index contributed by atoms with van der Waals surface area (Å²) in [5, 5.41) is 24.0. The molecule has 0 heterocycles. The molecule has 0 aliphatic heterocycles. The van der Waals surface area contributed by atoms with Crippen LogP contribution in [0.15, 0.2) is 18.2 Å². The predicted octanol–water partition coefficient (Wildman–Crippen LogP) is 3.16. The smallest absolute Gasteiger partial charge is 0.317 e. The van der Waals surface area contributed by atoms with Crippen molar-refractivity contribution in [2.45, 2.75) is 51.7 Å². The molecular formula is C18H27N3O4. The minimum atomic E-state index is -0.413. The van der Waals surface area contributed by atoms with E-state index in [0.29, 0.717) is 17.7 Å². The minimum absolute atomic E-state index is 0.0530. The molecule has 7 heteroatoms. The number of aryl methyl sites for hydroxylation is 1. The van der Waals surface area contributed by atoms with Crippen molar-refractivity contribution in [2.24, 2.45) is 5.92 Å². The Morgan fingerprint density at radius 3 is 2.76 bits per heavy atom. The Kier molecular flexibility index (Phi) is 6.36. The lowest BCUT2D eigenvalue weighted by molar-refractivity contribution is -0.385. The largest absolute Gasteiger partial charge is 0.393 e. The van der Waals surface area contributed by atoms with Gasteiger partial charge in [-0.05, 0) is 32.3 Å². The monoisotopic (exact) mass is 349 g/mol. The second-order valence-electron chi connectivity index (χ2n) is 6.97. The number of rotatable bonds is 5. The fourth-order valence-electron chi connectivity index (χ4n) is 3.31. The lowest BCUT2D eigenvalue weighted by Gasteiger charge is -2.31.